The van der Waals surface area contributed by atoms with Crippen LogP contribution in [-0.2, 0) is 21.4 Å². The summed E-state index contributed by atoms with van der Waals surface area (Å²) in [4.78, 5) is 62.7. The van der Waals surface area contributed by atoms with Gasteiger partial charge in [0.2, 0.25) is 11.8 Å². The maximum atomic E-state index is 14.3. The third-order valence-electron chi connectivity index (χ3n) is 12.7. The summed E-state index contributed by atoms with van der Waals surface area (Å²) >= 11 is 0. The topological polar surface area (TPSA) is 169 Å². The van der Waals surface area contributed by atoms with Crippen molar-refractivity contribution >= 4 is 45.9 Å². The van der Waals surface area contributed by atoms with Crippen molar-refractivity contribution in [2.45, 2.75) is 70.1 Å². The Morgan fingerprint density at radius 2 is 1.82 bits per heavy atom. The van der Waals surface area contributed by atoms with E-state index in [1.165, 1.54) is 26.0 Å². The van der Waals surface area contributed by atoms with Crippen molar-refractivity contribution in [1.82, 2.24) is 48.6 Å². The van der Waals surface area contributed by atoms with Crippen LogP contribution in [0.25, 0.3) is 16.7 Å². The molecular weight excluding hydrogens is 803 g/mol. The van der Waals surface area contributed by atoms with E-state index >= 15 is 0 Å². The smallest absolute Gasteiger partial charge is 0.329 e. The molecule has 2 atom stereocenters. The van der Waals surface area contributed by atoms with Crippen molar-refractivity contribution in [2.75, 3.05) is 69.2 Å². The predicted octanol–water partition coefficient (Wildman–Crippen LogP) is 3.37. The van der Waals surface area contributed by atoms with Crippen LogP contribution in [0.5, 0.6) is 0 Å². The number of morpholine rings is 1. The van der Waals surface area contributed by atoms with Crippen LogP contribution in [0.1, 0.15) is 85.6 Å². The zero-order valence-electron chi connectivity index (χ0n) is 34.8. The Hall–Kier alpha value is -5.97. The molecule has 326 valence electrons. The van der Waals surface area contributed by atoms with Crippen LogP contribution in [0.3, 0.4) is 0 Å². The second-order valence-corrected chi connectivity index (χ2v) is 16.8. The van der Waals surface area contributed by atoms with E-state index in [0.717, 1.165) is 58.4 Å². The molecule has 1 aromatic carbocycles. The Kier molecular flexibility index (Phi) is 11.6. The number of para-hydroxylation sites is 1. The van der Waals surface area contributed by atoms with Gasteiger partial charge in [-0.3, -0.25) is 38.4 Å². The van der Waals surface area contributed by atoms with Gasteiger partial charge in [0, 0.05) is 71.7 Å². The average Bonchev–Trinajstić information content (AvgIpc) is 3.96. The lowest BCUT2D eigenvalue weighted by molar-refractivity contribution is -0.135. The summed E-state index contributed by atoms with van der Waals surface area (Å²) in [6.07, 6.45) is 5.78. The number of aromatic nitrogens is 7. The molecule has 4 aromatic heterocycles. The summed E-state index contributed by atoms with van der Waals surface area (Å²) in [7, 11) is 1.67. The minimum absolute atomic E-state index is 0.0151. The first-order valence-electron chi connectivity index (χ1n) is 21.4. The Balaban J connectivity index is 0.769. The first kappa shape index (κ1) is 41.4. The molecule has 62 heavy (non-hydrogen) atoms. The summed E-state index contributed by atoms with van der Waals surface area (Å²) in [5.41, 5.74) is 1.70. The van der Waals surface area contributed by atoms with E-state index in [2.05, 4.69) is 47.4 Å². The Morgan fingerprint density at radius 1 is 1.03 bits per heavy atom. The van der Waals surface area contributed by atoms with E-state index in [-0.39, 0.29) is 47.8 Å². The van der Waals surface area contributed by atoms with Gasteiger partial charge in [0.25, 0.3) is 12.3 Å². The first-order valence-corrected chi connectivity index (χ1v) is 21.4. The molecule has 17 nitrogen and oxygen atoms in total. The Bertz CT molecular complexity index is 2620. The third kappa shape index (κ3) is 8.33. The number of anilines is 2. The normalized spacial score (nSPS) is 22.9. The quantitative estimate of drug-likeness (QED) is 0.165. The van der Waals surface area contributed by atoms with Crippen molar-refractivity contribution < 1.29 is 27.9 Å². The van der Waals surface area contributed by atoms with Crippen LogP contribution < -0.4 is 21.2 Å². The number of nitrogens with one attached hydrogen (secondary N) is 2. The minimum atomic E-state index is -2.87. The summed E-state index contributed by atoms with van der Waals surface area (Å²) in [5.74, 6) is 6.36. The molecule has 0 spiro atoms. The molecule has 3 amide bonds. The monoisotopic (exact) mass is 852 g/mol. The highest BCUT2D eigenvalue weighted by molar-refractivity contribution is 6.08. The first-order chi connectivity index (χ1) is 30.0. The second-order valence-electron chi connectivity index (χ2n) is 16.8. The molecule has 1 saturated carbocycles. The number of hydrogen-bond donors (Lipinski definition) is 2. The van der Waals surface area contributed by atoms with Crippen LogP contribution in [0.2, 0.25) is 0 Å². The number of ether oxygens (including phenoxy) is 1. The van der Waals surface area contributed by atoms with E-state index in [1.54, 1.807) is 24.0 Å². The Morgan fingerprint density at radius 3 is 2.58 bits per heavy atom. The maximum Gasteiger partial charge on any atom is 0.329 e. The van der Waals surface area contributed by atoms with E-state index in [0.29, 0.717) is 60.2 Å². The minimum Gasteiger partial charge on any atom is -0.375 e. The van der Waals surface area contributed by atoms with Crippen LogP contribution in [0, 0.1) is 17.8 Å². The van der Waals surface area contributed by atoms with Gasteiger partial charge in [-0.1, -0.05) is 17.9 Å². The maximum absolute atomic E-state index is 14.3. The molecule has 1 aliphatic carbocycles. The number of alkyl halides is 2. The zero-order chi connectivity index (χ0) is 43.1. The number of nitrogens with zero attached hydrogens (tertiary/aromatic N) is 10. The number of piperidine rings is 1. The van der Waals surface area contributed by atoms with Gasteiger partial charge in [0.1, 0.15) is 17.4 Å². The molecule has 0 radical (unpaired) electrons. The average molecular weight is 853 g/mol. The lowest BCUT2D eigenvalue weighted by Gasteiger charge is -2.37. The SMILES string of the molecule is C[C@H]1CN(c2ccn3ncc(C(=O)Nc4cn(C5CCC(CN6CCN(CC#Cc7cccc8c7n(C)c(=O)n8C7CCC(=O)NC7=O)CC6)CC5)nc4C(F)F)c3n2)CCO1. The van der Waals surface area contributed by atoms with Gasteiger partial charge < -0.3 is 19.9 Å². The Labute approximate surface area is 356 Å². The molecule has 0 bridgehead atoms. The largest absolute Gasteiger partial charge is 0.375 e. The number of hydrogen-bond acceptors (Lipinski definition) is 11. The number of carbonyl (C=O) groups excluding carboxylic acids is 3. The van der Waals surface area contributed by atoms with Crippen LogP contribution in [-0.4, -0.2) is 126 Å². The second kappa shape index (κ2) is 17.4. The van der Waals surface area contributed by atoms with Crippen molar-refractivity contribution in [3.8, 4) is 11.8 Å². The van der Waals surface area contributed by atoms with Gasteiger partial charge in [-0.25, -0.2) is 23.1 Å². The summed E-state index contributed by atoms with van der Waals surface area (Å²) < 4.78 is 40.3. The zero-order valence-corrected chi connectivity index (χ0v) is 34.8. The molecular formula is C43H50F2N12O5. The molecule has 3 saturated heterocycles. The lowest BCUT2D eigenvalue weighted by atomic mass is 9.85. The highest BCUT2D eigenvalue weighted by Gasteiger charge is 2.32. The predicted molar refractivity (Wildman–Crippen MR) is 225 cm³/mol. The fraction of sp³-hybridized carbons (Fsp3) is 0.512. The number of amides is 3. The molecule has 1 unspecified atom stereocenters. The number of imide groups is 1. The fourth-order valence-electron chi connectivity index (χ4n) is 9.36. The van der Waals surface area contributed by atoms with E-state index in [4.69, 9.17) is 9.72 Å². The van der Waals surface area contributed by atoms with Crippen molar-refractivity contribution in [2.24, 2.45) is 13.0 Å². The van der Waals surface area contributed by atoms with Crippen molar-refractivity contribution in [1.29, 1.82) is 0 Å². The molecule has 9 rings (SSSR count). The number of halogens is 2. The van der Waals surface area contributed by atoms with E-state index in [9.17, 15) is 28.0 Å². The van der Waals surface area contributed by atoms with Crippen LogP contribution in [0.15, 0.2) is 47.7 Å². The molecule has 19 heteroatoms. The number of aryl methyl sites for hydroxylation is 1. The molecule has 4 aliphatic rings. The van der Waals surface area contributed by atoms with Crippen LogP contribution in [0.4, 0.5) is 20.3 Å². The third-order valence-corrected chi connectivity index (χ3v) is 12.7. The summed E-state index contributed by atoms with van der Waals surface area (Å²) in [5, 5.41) is 13.6. The van der Waals surface area contributed by atoms with E-state index in [1.807, 2.05) is 25.1 Å². The van der Waals surface area contributed by atoms with Gasteiger partial charge in [0.05, 0.1) is 53.8 Å². The van der Waals surface area contributed by atoms with Crippen molar-refractivity contribution in [3.05, 3.63) is 70.2 Å². The number of rotatable bonds is 9. The van der Waals surface area contributed by atoms with Gasteiger partial charge in [-0.15, -0.1) is 0 Å². The lowest BCUT2D eigenvalue weighted by Crippen LogP contribution is -2.48. The number of piperazine rings is 1. The standard InChI is InChI=1S/C43H50F2N12O5/c1-27-24-54(21-22-62-27)35-14-16-55-40(48-35)31(23-46-55)41(59)47-32-26-56(50-37(32)39(44)45)30-10-8-28(9-11-30)25-53-19-17-52(18-20-53)15-4-6-29-5-3-7-33-38(29)51(2)43(61)57(33)34-12-13-36(58)49-42(34)60/h3,5,7,14,16,23,26-28,30,34,39H,8-13,15,17-22,24-25H2,1-2H3,(H,47,59)(H,49,58,60)/t27-,28?,30?,34?/m0/s1. The summed E-state index contributed by atoms with van der Waals surface area (Å²) in [6.45, 7) is 9.00. The summed E-state index contributed by atoms with van der Waals surface area (Å²) in [6, 6.07) is 6.55. The molecule has 3 aliphatic heterocycles. The van der Waals surface area contributed by atoms with Crippen LogP contribution >= 0.6 is 0 Å². The number of benzene rings is 1. The molecule has 7 heterocycles. The number of carbonyl (C=O) groups is 3. The molecule has 5 aromatic rings. The highest BCUT2D eigenvalue weighted by Crippen LogP contribution is 2.36. The highest BCUT2D eigenvalue weighted by atomic mass is 19.3. The van der Waals surface area contributed by atoms with Gasteiger partial charge in [-0.2, -0.15) is 10.2 Å². The van der Waals surface area contributed by atoms with Gasteiger partial charge in [0.15, 0.2) is 11.3 Å². The van der Waals surface area contributed by atoms with Crippen molar-refractivity contribution in [3.63, 3.8) is 0 Å². The number of imidazole rings is 1. The van der Waals surface area contributed by atoms with Gasteiger partial charge >= 0.3 is 5.69 Å². The molecule has 4 fully saturated rings. The molecule has 2 N–H and O–H groups in total. The fourth-order valence-corrected chi connectivity index (χ4v) is 9.36. The van der Waals surface area contributed by atoms with E-state index < -0.39 is 30.0 Å². The van der Waals surface area contributed by atoms with Gasteiger partial charge in [-0.05, 0) is 63.1 Å². The number of fused-ring (bicyclic) bond motifs is 2.